The standard InChI is InChI=1S/C15H20BrN3O3S/c1-9(2)17-14(21)15(22)19-18-13(20)10(3)23-8-11-4-6-12(16)7-5-11/h4-7,9-10H,8H2,1-3H3,(H,17,21)(H,18,20)(H,19,22)/t10-/m1/s1. The lowest BCUT2D eigenvalue weighted by Gasteiger charge is -2.13. The summed E-state index contributed by atoms with van der Waals surface area (Å²) >= 11 is 4.80. The van der Waals surface area contributed by atoms with E-state index in [9.17, 15) is 14.4 Å². The second kappa shape index (κ2) is 9.57. The molecule has 0 saturated heterocycles. The van der Waals surface area contributed by atoms with Gasteiger partial charge in [-0.1, -0.05) is 28.1 Å². The van der Waals surface area contributed by atoms with Gasteiger partial charge in [-0.15, -0.1) is 11.8 Å². The zero-order valence-electron chi connectivity index (χ0n) is 13.2. The van der Waals surface area contributed by atoms with Gasteiger partial charge < -0.3 is 5.32 Å². The number of carbonyl (C=O) groups is 3. The third-order valence-corrected chi connectivity index (χ3v) is 4.45. The van der Waals surface area contributed by atoms with E-state index in [2.05, 4.69) is 32.1 Å². The Kier molecular flexibility index (Phi) is 8.11. The van der Waals surface area contributed by atoms with Gasteiger partial charge in [-0.05, 0) is 38.5 Å². The van der Waals surface area contributed by atoms with Gasteiger partial charge in [0, 0.05) is 16.3 Å². The normalized spacial score (nSPS) is 11.7. The Morgan fingerprint density at radius 1 is 1.04 bits per heavy atom. The second-order valence-electron chi connectivity index (χ2n) is 5.15. The van der Waals surface area contributed by atoms with Crippen molar-refractivity contribution in [3.05, 3.63) is 34.3 Å². The molecule has 0 bridgehead atoms. The first-order valence-corrected chi connectivity index (χ1v) is 8.90. The highest BCUT2D eigenvalue weighted by atomic mass is 79.9. The monoisotopic (exact) mass is 401 g/mol. The number of thioether (sulfide) groups is 1. The number of nitrogens with one attached hydrogen (secondary N) is 3. The molecule has 126 valence electrons. The van der Waals surface area contributed by atoms with Crippen molar-refractivity contribution < 1.29 is 14.4 Å². The predicted molar refractivity (Wildman–Crippen MR) is 94.5 cm³/mol. The Hall–Kier alpha value is -1.54. The van der Waals surface area contributed by atoms with E-state index in [1.807, 2.05) is 24.3 Å². The van der Waals surface area contributed by atoms with Crippen molar-refractivity contribution in [1.29, 1.82) is 0 Å². The molecule has 1 rings (SSSR count). The van der Waals surface area contributed by atoms with Crippen LogP contribution in [0.2, 0.25) is 0 Å². The van der Waals surface area contributed by atoms with Gasteiger partial charge in [0.2, 0.25) is 0 Å². The lowest BCUT2D eigenvalue weighted by atomic mass is 10.2. The number of carbonyl (C=O) groups excluding carboxylic acids is 3. The molecule has 1 aromatic carbocycles. The van der Waals surface area contributed by atoms with Crippen molar-refractivity contribution in [3.8, 4) is 0 Å². The van der Waals surface area contributed by atoms with E-state index < -0.39 is 11.8 Å². The molecule has 3 N–H and O–H groups in total. The molecule has 0 saturated carbocycles. The number of benzene rings is 1. The van der Waals surface area contributed by atoms with E-state index in [0.717, 1.165) is 10.0 Å². The van der Waals surface area contributed by atoms with Gasteiger partial charge in [-0.3, -0.25) is 25.2 Å². The minimum absolute atomic E-state index is 0.149. The molecule has 23 heavy (non-hydrogen) atoms. The molecule has 1 atom stereocenters. The minimum atomic E-state index is -0.892. The Labute approximate surface area is 148 Å². The average Bonchev–Trinajstić information content (AvgIpc) is 2.50. The fraction of sp³-hybridized carbons (Fsp3) is 0.400. The summed E-state index contributed by atoms with van der Waals surface area (Å²) in [5.41, 5.74) is 5.45. The van der Waals surface area contributed by atoms with Gasteiger partial charge in [0.05, 0.1) is 5.25 Å². The molecule has 0 aliphatic rings. The van der Waals surface area contributed by atoms with Crippen LogP contribution in [0.5, 0.6) is 0 Å². The molecule has 1 aromatic rings. The molecular formula is C15H20BrN3O3S. The summed E-state index contributed by atoms with van der Waals surface area (Å²) in [6.07, 6.45) is 0. The highest BCUT2D eigenvalue weighted by Gasteiger charge is 2.18. The number of rotatable bonds is 5. The second-order valence-corrected chi connectivity index (χ2v) is 7.40. The molecule has 0 aliphatic carbocycles. The predicted octanol–water partition coefficient (Wildman–Crippen LogP) is 1.74. The molecule has 8 heteroatoms. The Morgan fingerprint density at radius 3 is 2.22 bits per heavy atom. The summed E-state index contributed by atoms with van der Waals surface area (Å²) in [5.74, 6) is -1.37. The molecule has 0 spiro atoms. The van der Waals surface area contributed by atoms with Crippen LogP contribution in [0.1, 0.15) is 26.3 Å². The maximum absolute atomic E-state index is 11.9. The lowest BCUT2D eigenvalue weighted by molar-refractivity contribution is -0.141. The Bertz CT molecular complexity index is 564. The van der Waals surface area contributed by atoms with Gasteiger partial charge in [0.1, 0.15) is 0 Å². The number of hydrogen-bond acceptors (Lipinski definition) is 4. The van der Waals surface area contributed by atoms with Crippen LogP contribution in [-0.4, -0.2) is 29.0 Å². The van der Waals surface area contributed by atoms with Crippen LogP contribution < -0.4 is 16.2 Å². The van der Waals surface area contributed by atoms with E-state index >= 15 is 0 Å². The van der Waals surface area contributed by atoms with Gasteiger partial charge in [0.25, 0.3) is 5.91 Å². The summed E-state index contributed by atoms with van der Waals surface area (Å²) in [6, 6.07) is 7.67. The van der Waals surface area contributed by atoms with E-state index in [0.29, 0.717) is 5.75 Å². The van der Waals surface area contributed by atoms with Crippen molar-refractivity contribution in [2.24, 2.45) is 0 Å². The molecular weight excluding hydrogens is 382 g/mol. The topological polar surface area (TPSA) is 87.3 Å². The van der Waals surface area contributed by atoms with E-state index in [1.165, 1.54) is 11.8 Å². The van der Waals surface area contributed by atoms with Crippen LogP contribution in [0.15, 0.2) is 28.7 Å². The summed E-state index contributed by atoms with van der Waals surface area (Å²) in [4.78, 5) is 34.7. The zero-order valence-corrected chi connectivity index (χ0v) is 15.6. The van der Waals surface area contributed by atoms with Gasteiger partial charge >= 0.3 is 11.8 Å². The average molecular weight is 402 g/mol. The fourth-order valence-electron chi connectivity index (χ4n) is 1.48. The van der Waals surface area contributed by atoms with Gasteiger partial charge in [0.15, 0.2) is 0 Å². The van der Waals surface area contributed by atoms with Crippen LogP contribution in [0.4, 0.5) is 0 Å². The highest BCUT2D eigenvalue weighted by molar-refractivity contribution is 9.10. The summed E-state index contributed by atoms with van der Waals surface area (Å²) in [7, 11) is 0. The number of hydrazine groups is 1. The molecule has 0 radical (unpaired) electrons. The molecule has 0 heterocycles. The molecule has 0 unspecified atom stereocenters. The first kappa shape index (κ1) is 19.5. The molecule has 0 aromatic heterocycles. The van der Waals surface area contributed by atoms with Crippen molar-refractivity contribution in [3.63, 3.8) is 0 Å². The van der Waals surface area contributed by atoms with Crippen LogP contribution in [0, 0.1) is 0 Å². The zero-order chi connectivity index (χ0) is 17.4. The number of hydrogen-bond donors (Lipinski definition) is 3. The first-order valence-electron chi connectivity index (χ1n) is 7.06. The quantitative estimate of drug-likeness (QED) is 0.517. The van der Waals surface area contributed by atoms with Crippen molar-refractivity contribution in [2.75, 3.05) is 0 Å². The van der Waals surface area contributed by atoms with Crippen LogP contribution in [0.25, 0.3) is 0 Å². The molecule has 0 fully saturated rings. The minimum Gasteiger partial charge on any atom is -0.346 e. The molecule has 3 amide bonds. The Morgan fingerprint density at radius 2 is 1.65 bits per heavy atom. The lowest BCUT2D eigenvalue weighted by Crippen LogP contribution is -2.51. The van der Waals surface area contributed by atoms with E-state index in [-0.39, 0.29) is 17.2 Å². The van der Waals surface area contributed by atoms with Crippen molar-refractivity contribution >= 4 is 45.4 Å². The van der Waals surface area contributed by atoms with Gasteiger partial charge in [-0.2, -0.15) is 0 Å². The maximum atomic E-state index is 11.9. The number of amides is 3. The largest absolute Gasteiger partial charge is 0.346 e. The van der Waals surface area contributed by atoms with Crippen LogP contribution in [-0.2, 0) is 20.1 Å². The fourth-order valence-corrected chi connectivity index (χ4v) is 2.59. The van der Waals surface area contributed by atoms with Crippen molar-refractivity contribution in [1.82, 2.24) is 16.2 Å². The molecule has 6 nitrogen and oxygen atoms in total. The van der Waals surface area contributed by atoms with Crippen LogP contribution in [0.3, 0.4) is 0 Å². The highest BCUT2D eigenvalue weighted by Crippen LogP contribution is 2.19. The van der Waals surface area contributed by atoms with Crippen LogP contribution >= 0.6 is 27.7 Å². The smallest absolute Gasteiger partial charge is 0.327 e. The van der Waals surface area contributed by atoms with E-state index in [1.54, 1.807) is 20.8 Å². The molecule has 0 aliphatic heterocycles. The third kappa shape index (κ3) is 7.51. The first-order chi connectivity index (χ1) is 10.8. The van der Waals surface area contributed by atoms with Crippen molar-refractivity contribution in [2.45, 2.75) is 37.8 Å². The summed E-state index contributed by atoms with van der Waals surface area (Å²) in [5, 5.41) is 2.07. The Balaban J connectivity index is 2.35. The maximum Gasteiger partial charge on any atom is 0.327 e. The van der Waals surface area contributed by atoms with E-state index in [4.69, 9.17) is 0 Å². The summed E-state index contributed by atoms with van der Waals surface area (Å²) < 4.78 is 0.999. The third-order valence-electron chi connectivity index (χ3n) is 2.71. The number of halogens is 1. The summed E-state index contributed by atoms with van der Waals surface area (Å²) in [6.45, 7) is 5.22. The van der Waals surface area contributed by atoms with Gasteiger partial charge in [-0.25, -0.2) is 0 Å². The SMILES string of the molecule is CC(C)NC(=O)C(=O)NNC(=O)[C@@H](C)SCc1ccc(Br)cc1.